The van der Waals surface area contributed by atoms with Gasteiger partial charge in [-0.1, -0.05) is 0 Å². The minimum Gasteiger partial charge on any atom is -0.355 e. The normalized spacial score (nSPS) is 18.6. The summed E-state index contributed by atoms with van der Waals surface area (Å²) in [6.07, 6.45) is 1.04. The third kappa shape index (κ3) is 5.44. The lowest BCUT2D eigenvalue weighted by Crippen LogP contribution is -2.45. The molecular formula is C11H24N4O. The lowest BCUT2D eigenvalue weighted by molar-refractivity contribution is -0.120. The summed E-state index contributed by atoms with van der Waals surface area (Å²) in [4.78, 5) is 16.0. The standard InChI is InChI=1S/C11H24N4O/c1-12-10-11(16)13-4-3-5-15-8-6-14(2)7-9-15/h12H,3-10H2,1-2H3,(H,13,16). The zero-order chi connectivity index (χ0) is 11.8. The van der Waals surface area contributed by atoms with Gasteiger partial charge in [0.2, 0.25) is 5.91 Å². The number of carbonyl (C=O) groups is 1. The Morgan fingerprint density at radius 3 is 2.56 bits per heavy atom. The molecule has 1 rings (SSSR count). The van der Waals surface area contributed by atoms with E-state index in [0.717, 1.165) is 45.7 Å². The molecule has 5 heteroatoms. The maximum atomic E-state index is 11.1. The van der Waals surface area contributed by atoms with Gasteiger partial charge in [-0.25, -0.2) is 0 Å². The number of nitrogens with zero attached hydrogens (tertiary/aromatic N) is 2. The molecule has 0 spiro atoms. The van der Waals surface area contributed by atoms with Crippen molar-refractivity contribution in [2.24, 2.45) is 0 Å². The van der Waals surface area contributed by atoms with E-state index in [-0.39, 0.29) is 5.91 Å². The quantitative estimate of drug-likeness (QED) is 0.570. The molecule has 0 saturated carbocycles. The first-order chi connectivity index (χ1) is 7.72. The van der Waals surface area contributed by atoms with Gasteiger partial charge in [-0.15, -0.1) is 0 Å². The summed E-state index contributed by atoms with van der Waals surface area (Å²) < 4.78 is 0. The first kappa shape index (κ1) is 13.4. The van der Waals surface area contributed by atoms with E-state index in [9.17, 15) is 4.79 Å². The summed E-state index contributed by atoms with van der Waals surface area (Å²) >= 11 is 0. The molecule has 1 amide bonds. The summed E-state index contributed by atoms with van der Waals surface area (Å²) in [6.45, 7) is 6.91. The molecule has 0 aromatic rings. The van der Waals surface area contributed by atoms with Gasteiger partial charge < -0.3 is 20.4 Å². The summed E-state index contributed by atoms with van der Waals surface area (Å²) in [5.41, 5.74) is 0. The Hall–Kier alpha value is -0.650. The minimum atomic E-state index is 0.0841. The summed E-state index contributed by atoms with van der Waals surface area (Å²) in [5, 5.41) is 5.73. The molecule has 0 unspecified atom stereocenters. The molecule has 0 radical (unpaired) electrons. The fourth-order valence-corrected chi connectivity index (χ4v) is 1.83. The van der Waals surface area contributed by atoms with Crippen molar-refractivity contribution in [3.63, 3.8) is 0 Å². The van der Waals surface area contributed by atoms with Crippen LogP contribution in [0.25, 0.3) is 0 Å². The molecule has 0 atom stereocenters. The third-order valence-electron chi connectivity index (χ3n) is 2.91. The Balaban J connectivity index is 1.97. The summed E-state index contributed by atoms with van der Waals surface area (Å²) in [6, 6.07) is 0. The lowest BCUT2D eigenvalue weighted by Gasteiger charge is -2.32. The van der Waals surface area contributed by atoms with Crippen LogP contribution in [0.5, 0.6) is 0 Å². The smallest absolute Gasteiger partial charge is 0.233 e. The first-order valence-corrected chi connectivity index (χ1v) is 6.04. The highest BCUT2D eigenvalue weighted by Gasteiger charge is 2.12. The van der Waals surface area contributed by atoms with Crippen molar-refractivity contribution in [1.82, 2.24) is 20.4 Å². The Morgan fingerprint density at radius 2 is 1.94 bits per heavy atom. The van der Waals surface area contributed by atoms with Crippen LogP contribution in [0.4, 0.5) is 0 Å². The molecule has 0 aromatic heterocycles. The number of likely N-dealkylation sites (N-methyl/N-ethyl adjacent to an activating group) is 2. The third-order valence-corrected chi connectivity index (χ3v) is 2.91. The highest BCUT2D eigenvalue weighted by Crippen LogP contribution is 1.99. The van der Waals surface area contributed by atoms with Crippen molar-refractivity contribution in [2.45, 2.75) is 6.42 Å². The van der Waals surface area contributed by atoms with E-state index < -0.39 is 0 Å². The number of carbonyl (C=O) groups excluding carboxylic acids is 1. The Bertz CT molecular complexity index is 202. The predicted molar refractivity (Wildman–Crippen MR) is 65.5 cm³/mol. The fourth-order valence-electron chi connectivity index (χ4n) is 1.83. The molecule has 94 valence electrons. The molecule has 1 fully saturated rings. The van der Waals surface area contributed by atoms with Crippen molar-refractivity contribution in [3.8, 4) is 0 Å². The van der Waals surface area contributed by atoms with Crippen molar-refractivity contribution in [3.05, 3.63) is 0 Å². The SMILES string of the molecule is CNCC(=O)NCCCN1CCN(C)CC1. The van der Waals surface area contributed by atoms with Crippen LogP contribution in [0.1, 0.15) is 6.42 Å². The van der Waals surface area contributed by atoms with Crippen molar-refractivity contribution < 1.29 is 4.79 Å². The van der Waals surface area contributed by atoms with Gasteiger partial charge in [0.25, 0.3) is 0 Å². The molecule has 1 heterocycles. The van der Waals surface area contributed by atoms with Gasteiger partial charge in [-0.3, -0.25) is 4.79 Å². The second kappa shape index (κ2) is 7.60. The van der Waals surface area contributed by atoms with E-state index >= 15 is 0 Å². The second-order valence-electron chi connectivity index (χ2n) is 4.38. The monoisotopic (exact) mass is 228 g/mol. The zero-order valence-electron chi connectivity index (χ0n) is 10.5. The molecule has 1 aliphatic heterocycles. The van der Waals surface area contributed by atoms with Crippen LogP contribution in [0, 0.1) is 0 Å². The maximum absolute atomic E-state index is 11.1. The molecule has 0 aliphatic carbocycles. The van der Waals surface area contributed by atoms with E-state index in [4.69, 9.17) is 0 Å². The van der Waals surface area contributed by atoms with E-state index in [0.29, 0.717) is 6.54 Å². The van der Waals surface area contributed by atoms with Crippen molar-refractivity contribution in [1.29, 1.82) is 0 Å². The number of rotatable bonds is 6. The van der Waals surface area contributed by atoms with Gasteiger partial charge in [0.05, 0.1) is 6.54 Å². The van der Waals surface area contributed by atoms with Crippen LogP contribution in [0.15, 0.2) is 0 Å². The molecule has 0 bridgehead atoms. The molecule has 16 heavy (non-hydrogen) atoms. The molecule has 1 aliphatic rings. The van der Waals surface area contributed by atoms with Crippen molar-refractivity contribution in [2.75, 3.05) is 59.9 Å². The Labute approximate surface area is 98.2 Å². The zero-order valence-corrected chi connectivity index (χ0v) is 10.5. The highest BCUT2D eigenvalue weighted by molar-refractivity contribution is 5.77. The van der Waals surface area contributed by atoms with Crippen molar-refractivity contribution >= 4 is 5.91 Å². The summed E-state index contributed by atoms with van der Waals surface area (Å²) in [7, 11) is 3.94. The van der Waals surface area contributed by atoms with Crippen LogP contribution < -0.4 is 10.6 Å². The van der Waals surface area contributed by atoms with Crippen LogP contribution >= 0.6 is 0 Å². The van der Waals surface area contributed by atoms with E-state index in [2.05, 4.69) is 27.5 Å². The van der Waals surface area contributed by atoms with Gasteiger partial charge >= 0.3 is 0 Å². The van der Waals surface area contributed by atoms with Gasteiger partial charge in [-0.2, -0.15) is 0 Å². The average molecular weight is 228 g/mol. The Kier molecular flexibility index (Phi) is 6.37. The topological polar surface area (TPSA) is 47.6 Å². The van der Waals surface area contributed by atoms with Crippen LogP contribution in [0.2, 0.25) is 0 Å². The lowest BCUT2D eigenvalue weighted by atomic mass is 10.3. The number of piperazine rings is 1. The van der Waals surface area contributed by atoms with Gasteiger partial charge in [0, 0.05) is 32.7 Å². The van der Waals surface area contributed by atoms with Crippen LogP contribution in [-0.4, -0.2) is 75.6 Å². The van der Waals surface area contributed by atoms with E-state index in [1.807, 2.05) is 0 Å². The predicted octanol–water partition coefficient (Wildman–Crippen LogP) is -1.04. The van der Waals surface area contributed by atoms with Crippen LogP contribution in [0.3, 0.4) is 0 Å². The molecular weight excluding hydrogens is 204 g/mol. The number of hydrogen-bond acceptors (Lipinski definition) is 4. The number of amides is 1. The van der Waals surface area contributed by atoms with E-state index in [1.165, 1.54) is 0 Å². The molecule has 2 N–H and O–H groups in total. The average Bonchev–Trinajstić information content (AvgIpc) is 2.27. The highest BCUT2D eigenvalue weighted by atomic mass is 16.1. The number of hydrogen-bond donors (Lipinski definition) is 2. The Morgan fingerprint density at radius 1 is 1.25 bits per heavy atom. The van der Waals surface area contributed by atoms with Gasteiger partial charge in [0.15, 0.2) is 0 Å². The number of nitrogens with one attached hydrogen (secondary N) is 2. The van der Waals surface area contributed by atoms with E-state index in [1.54, 1.807) is 7.05 Å². The summed E-state index contributed by atoms with van der Waals surface area (Å²) in [5.74, 6) is 0.0841. The van der Waals surface area contributed by atoms with Gasteiger partial charge in [-0.05, 0) is 27.1 Å². The molecule has 5 nitrogen and oxygen atoms in total. The largest absolute Gasteiger partial charge is 0.355 e. The fraction of sp³-hybridized carbons (Fsp3) is 0.909. The minimum absolute atomic E-state index is 0.0841. The first-order valence-electron chi connectivity index (χ1n) is 6.04. The van der Waals surface area contributed by atoms with Crippen LogP contribution in [-0.2, 0) is 4.79 Å². The second-order valence-corrected chi connectivity index (χ2v) is 4.38. The molecule has 0 aromatic carbocycles. The molecule has 1 saturated heterocycles. The van der Waals surface area contributed by atoms with Gasteiger partial charge in [0.1, 0.15) is 0 Å². The maximum Gasteiger partial charge on any atom is 0.233 e.